The summed E-state index contributed by atoms with van der Waals surface area (Å²) in [6.07, 6.45) is -0.271. The molecule has 0 spiro atoms. The highest BCUT2D eigenvalue weighted by Gasteiger charge is 2.14. The number of sulfonamides is 1. The Morgan fingerprint density at radius 2 is 2.19 bits per heavy atom. The molecule has 0 radical (unpaired) electrons. The average molecular weight is 314 g/mol. The maximum atomic E-state index is 13.4. The van der Waals surface area contributed by atoms with Gasteiger partial charge in [-0.1, -0.05) is 11.8 Å². The number of ether oxygens (including phenoxy) is 1. The van der Waals surface area contributed by atoms with Crippen molar-refractivity contribution in [1.29, 1.82) is 0 Å². The monoisotopic (exact) mass is 314 g/mol. The highest BCUT2D eigenvalue weighted by Crippen LogP contribution is 2.15. The second kappa shape index (κ2) is 7.61. The topological polar surface area (TPSA) is 98.5 Å². The Labute approximate surface area is 122 Å². The fourth-order valence-corrected chi connectivity index (χ4v) is 2.40. The van der Waals surface area contributed by atoms with Crippen molar-refractivity contribution >= 4 is 21.7 Å². The first-order valence-electron chi connectivity index (χ1n) is 5.94. The van der Waals surface area contributed by atoms with Crippen molar-refractivity contribution < 1.29 is 22.3 Å². The second-order valence-corrected chi connectivity index (χ2v) is 5.79. The molecule has 0 unspecified atom stereocenters. The van der Waals surface area contributed by atoms with Gasteiger partial charge in [0.1, 0.15) is 5.82 Å². The van der Waals surface area contributed by atoms with Gasteiger partial charge in [0.25, 0.3) is 0 Å². The van der Waals surface area contributed by atoms with Gasteiger partial charge in [-0.05, 0) is 18.2 Å². The lowest BCUT2D eigenvalue weighted by Crippen LogP contribution is -2.19. The Kier molecular flexibility index (Phi) is 6.14. The molecule has 0 saturated carbocycles. The van der Waals surface area contributed by atoms with E-state index >= 15 is 0 Å². The lowest BCUT2D eigenvalue weighted by atomic mass is 10.2. The maximum Gasteiger partial charge on any atom is 0.306 e. The van der Waals surface area contributed by atoms with E-state index in [1.165, 1.54) is 19.2 Å². The zero-order valence-electron chi connectivity index (χ0n) is 11.3. The number of hydrogen-bond donors (Lipinski definition) is 2. The molecule has 0 aromatic heterocycles. The van der Waals surface area contributed by atoms with Crippen LogP contribution in [0.3, 0.4) is 0 Å². The van der Waals surface area contributed by atoms with Crippen LogP contribution in [0.2, 0.25) is 0 Å². The van der Waals surface area contributed by atoms with Crippen molar-refractivity contribution in [3.63, 3.8) is 0 Å². The molecule has 0 saturated heterocycles. The molecular weight excluding hydrogens is 299 g/mol. The minimum absolute atomic E-state index is 0.0358. The zero-order chi connectivity index (χ0) is 15.9. The van der Waals surface area contributed by atoms with Crippen molar-refractivity contribution in [3.05, 3.63) is 29.6 Å². The van der Waals surface area contributed by atoms with E-state index in [0.29, 0.717) is 0 Å². The quantitative estimate of drug-likeness (QED) is 0.607. The second-order valence-electron chi connectivity index (χ2n) is 3.95. The molecule has 6 nitrogen and oxygen atoms in total. The van der Waals surface area contributed by atoms with E-state index in [9.17, 15) is 17.6 Å². The van der Waals surface area contributed by atoms with Gasteiger partial charge >= 0.3 is 5.97 Å². The number of rotatable bonds is 5. The van der Waals surface area contributed by atoms with E-state index in [1.807, 2.05) is 0 Å². The normalized spacial score (nSPS) is 10.4. The van der Waals surface area contributed by atoms with Crippen LogP contribution in [0, 0.1) is 17.7 Å². The Morgan fingerprint density at radius 1 is 1.48 bits per heavy atom. The van der Waals surface area contributed by atoms with Crippen LogP contribution in [0.1, 0.15) is 12.0 Å². The molecule has 114 valence electrons. The van der Waals surface area contributed by atoms with Gasteiger partial charge in [0.05, 0.1) is 31.4 Å². The van der Waals surface area contributed by atoms with Crippen molar-refractivity contribution in [2.45, 2.75) is 6.42 Å². The van der Waals surface area contributed by atoms with Crippen LogP contribution in [0.5, 0.6) is 0 Å². The molecule has 0 aliphatic rings. The number of carbonyl (C=O) groups excluding carboxylic acids is 1. The van der Waals surface area contributed by atoms with Crippen molar-refractivity contribution in [2.75, 3.05) is 24.1 Å². The van der Waals surface area contributed by atoms with E-state index in [1.54, 1.807) is 0 Å². The first kappa shape index (κ1) is 16.9. The summed E-state index contributed by atoms with van der Waals surface area (Å²) in [5, 5.41) is 0. The lowest BCUT2D eigenvalue weighted by molar-refractivity contribution is -0.140. The average Bonchev–Trinajstić information content (AvgIpc) is 2.45. The van der Waals surface area contributed by atoms with E-state index in [2.05, 4.69) is 21.3 Å². The third-order valence-corrected chi connectivity index (χ3v) is 3.66. The smallest absolute Gasteiger partial charge is 0.306 e. The summed E-state index contributed by atoms with van der Waals surface area (Å²) in [5.74, 6) is 3.35. The Bertz CT molecular complexity index is 677. The third kappa shape index (κ3) is 5.81. The van der Waals surface area contributed by atoms with Gasteiger partial charge in [0, 0.05) is 5.69 Å². The number of nitrogens with one attached hydrogen (secondary N) is 1. The number of hydrogen-bond acceptors (Lipinski definition) is 5. The molecule has 0 atom stereocenters. The van der Waals surface area contributed by atoms with E-state index < -0.39 is 27.6 Å². The van der Waals surface area contributed by atoms with Crippen LogP contribution in [-0.4, -0.2) is 33.8 Å². The molecule has 0 aliphatic carbocycles. The molecule has 0 amide bonds. The van der Waals surface area contributed by atoms with Crippen LogP contribution in [0.25, 0.3) is 0 Å². The number of esters is 1. The standard InChI is InChI=1S/C13H15FN2O4S/c1-20-13(17)6-8-21(18,19)16-11-4-5-12(14)10(9-11)3-2-7-15/h4-5,9,16H,6-8,15H2,1H3. The first-order valence-corrected chi connectivity index (χ1v) is 7.59. The summed E-state index contributed by atoms with van der Waals surface area (Å²) in [4.78, 5) is 10.9. The number of benzene rings is 1. The Balaban J connectivity index is 2.85. The van der Waals surface area contributed by atoms with Gasteiger partial charge in [-0.3, -0.25) is 9.52 Å². The summed E-state index contributed by atoms with van der Waals surface area (Å²) in [5.41, 5.74) is 5.39. The SMILES string of the molecule is COC(=O)CCS(=O)(=O)Nc1ccc(F)c(C#CCN)c1. The summed E-state index contributed by atoms with van der Waals surface area (Å²) < 4.78 is 43.6. The number of carbonyl (C=O) groups is 1. The highest BCUT2D eigenvalue weighted by molar-refractivity contribution is 7.92. The number of nitrogens with two attached hydrogens (primary N) is 1. The van der Waals surface area contributed by atoms with E-state index in [-0.39, 0.29) is 24.2 Å². The molecule has 1 aromatic rings. The summed E-state index contributed by atoms with van der Waals surface area (Å²) in [7, 11) is -2.56. The molecule has 0 bridgehead atoms. The highest BCUT2D eigenvalue weighted by atomic mass is 32.2. The molecule has 0 aliphatic heterocycles. The van der Waals surface area contributed by atoms with Crippen molar-refractivity contribution in [2.24, 2.45) is 5.73 Å². The number of anilines is 1. The maximum absolute atomic E-state index is 13.4. The zero-order valence-corrected chi connectivity index (χ0v) is 12.2. The minimum atomic E-state index is -3.74. The molecular formula is C13H15FN2O4S. The predicted octanol–water partition coefficient (Wildman–Crippen LogP) is 0.441. The molecule has 1 rings (SSSR count). The molecule has 21 heavy (non-hydrogen) atoms. The lowest BCUT2D eigenvalue weighted by Gasteiger charge is -2.08. The molecule has 3 N–H and O–H groups in total. The van der Waals surface area contributed by atoms with Gasteiger partial charge < -0.3 is 10.5 Å². The van der Waals surface area contributed by atoms with Gasteiger partial charge in [0.15, 0.2) is 0 Å². The van der Waals surface area contributed by atoms with E-state index in [0.717, 1.165) is 6.07 Å². The first-order chi connectivity index (χ1) is 9.88. The van der Waals surface area contributed by atoms with Crippen molar-refractivity contribution in [3.8, 4) is 11.8 Å². The van der Waals surface area contributed by atoms with Crippen LogP contribution < -0.4 is 10.5 Å². The Morgan fingerprint density at radius 3 is 2.81 bits per heavy atom. The van der Waals surface area contributed by atoms with E-state index in [4.69, 9.17) is 5.73 Å². The molecule has 0 fully saturated rings. The molecule has 8 heteroatoms. The fourth-order valence-electron chi connectivity index (χ4n) is 1.38. The summed E-state index contributed by atoms with van der Waals surface area (Å²) in [6.45, 7) is 0.0640. The third-order valence-electron chi connectivity index (χ3n) is 2.37. The van der Waals surface area contributed by atoms with Crippen LogP contribution in [-0.2, 0) is 19.6 Å². The molecule has 1 aromatic carbocycles. The minimum Gasteiger partial charge on any atom is -0.469 e. The van der Waals surface area contributed by atoms with Crippen molar-refractivity contribution in [1.82, 2.24) is 0 Å². The Hall–Kier alpha value is -2.11. The number of halogens is 1. The summed E-state index contributed by atoms with van der Waals surface area (Å²) in [6, 6.07) is 3.62. The number of methoxy groups -OCH3 is 1. The van der Waals surface area contributed by atoms with Crippen LogP contribution in [0.15, 0.2) is 18.2 Å². The predicted molar refractivity (Wildman–Crippen MR) is 76.4 cm³/mol. The largest absolute Gasteiger partial charge is 0.469 e. The summed E-state index contributed by atoms with van der Waals surface area (Å²) >= 11 is 0. The van der Waals surface area contributed by atoms with Gasteiger partial charge in [0.2, 0.25) is 10.0 Å². The van der Waals surface area contributed by atoms with Crippen LogP contribution >= 0.6 is 0 Å². The fraction of sp³-hybridized carbons (Fsp3) is 0.308. The van der Waals surface area contributed by atoms with Gasteiger partial charge in [-0.25, -0.2) is 12.8 Å². The van der Waals surface area contributed by atoms with Gasteiger partial charge in [-0.15, -0.1) is 0 Å². The van der Waals surface area contributed by atoms with Crippen LogP contribution in [0.4, 0.5) is 10.1 Å². The molecule has 0 heterocycles. The van der Waals surface area contributed by atoms with Gasteiger partial charge in [-0.2, -0.15) is 0 Å².